The molecule has 1 heterocycles. The summed E-state index contributed by atoms with van der Waals surface area (Å²) < 4.78 is 20.3. The molecule has 40 heavy (non-hydrogen) atoms. The predicted octanol–water partition coefficient (Wildman–Crippen LogP) is 4.51. The van der Waals surface area contributed by atoms with E-state index in [1.54, 1.807) is 66.7 Å². The summed E-state index contributed by atoms with van der Waals surface area (Å²) in [5, 5.41) is 0. The molecule has 9 nitrogen and oxygen atoms in total. The van der Waals surface area contributed by atoms with E-state index < -0.39 is 59.2 Å². The normalized spacial score (nSPS) is 20.3. The molecule has 1 amide bonds. The fourth-order valence-electron chi connectivity index (χ4n) is 3.96. The molecule has 0 unspecified atom stereocenters. The van der Waals surface area contributed by atoms with Gasteiger partial charge in [0.1, 0.15) is 18.8 Å². The Morgan fingerprint density at radius 2 is 1.12 bits per heavy atom. The van der Waals surface area contributed by atoms with E-state index in [0.717, 1.165) is 0 Å². The van der Waals surface area contributed by atoms with Gasteiger partial charge in [0.15, 0.2) is 12.2 Å². The molecule has 1 aliphatic heterocycles. The molecular formula is C28H22Cl3NO8. The van der Waals surface area contributed by atoms with Crippen LogP contribution in [0, 0.1) is 0 Å². The molecule has 1 saturated heterocycles. The van der Waals surface area contributed by atoms with Crippen molar-refractivity contribution in [1.29, 1.82) is 0 Å². The molecule has 1 N–H and O–H groups in total. The summed E-state index contributed by atoms with van der Waals surface area (Å²) in [5.74, 6) is -3.41. The van der Waals surface area contributed by atoms with Crippen LogP contribution < -0.4 is 4.84 Å². The number of alkyl halides is 2. The Morgan fingerprint density at radius 3 is 1.57 bits per heavy atom. The zero-order valence-electron chi connectivity index (χ0n) is 20.6. The summed E-state index contributed by atoms with van der Waals surface area (Å²) in [4.78, 5) is 53.1. The first-order valence-corrected chi connectivity index (χ1v) is 13.0. The van der Waals surface area contributed by atoms with E-state index in [-0.39, 0.29) is 16.7 Å². The predicted molar refractivity (Wildman–Crippen MR) is 145 cm³/mol. The highest BCUT2D eigenvalue weighted by molar-refractivity contribution is 6.59. The average molecular weight is 607 g/mol. The van der Waals surface area contributed by atoms with Crippen LogP contribution >= 0.6 is 35.0 Å². The van der Waals surface area contributed by atoms with Crippen LogP contribution in [0.2, 0.25) is 0 Å². The fourth-order valence-corrected chi connectivity index (χ4v) is 4.66. The number of nitrogens with one attached hydrogen (secondary N) is 1. The maximum atomic E-state index is 13.1. The van der Waals surface area contributed by atoms with E-state index in [1.807, 2.05) is 4.84 Å². The summed E-state index contributed by atoms with van der Waals surface area (Å²) >= 11 is 18.2. The quantitative estimate of drug-likeness (QED) is 0.164. The van der Waals surface area contributed by atoms with E-state index in [1.165, 1.54) is 24.3 Å². The maximum Gasteiger partial charge on any atom is 0.338 e. The van der Waals surface area contributed by atoms with Crippen LogP contribution in [0.1, 0.15) is 31.1 Å². The van der Waals surface area contributed by atoms with Crippen LogP contribution in [0.5, 0.6) is 0 Å². The lowest BCUT2D eigenvalue weighted by atomic mass is 10.0. The van der Waals surface area contributed by atoms with Gasteiger partial charge < -0.3 is 18.9 Å². The number of amides is 1. The van der Waals surface area contributed by atoms with E-state index in [4.69, 9.17) is 53.9 Å². The minimum Gasteiger partial charge on any atom is -0.459 e. The van der Waals surface area contributed by atoms with Crippen molar-refractivity contribution in [2.24, 2.45) is 0 Å². The van der Waals surface area contributed by atoms with E-state index in [2.05, 4.69) is 0 Å². The smallest absolute Gasteiger partial charge is 0.338 e. The Morgan fingerprint density at radius 1 is 0.700 bits per heavy atom. The number of hydrogen-bond donors (Lipinski definition) is 1. The minimum absolute atomic E-state index is 0.157. The summed E-state index contributed by atoms with van der Waals surface area (Å²) in [6.07, 6.45) is -5.78. The molecule has 0 bridgehead atoms. The summed E-state index contributed by atoms with van der Waals surface area (Å²) in [6, 6.07) is 24.1. The molecule has 1 aliphatic rings. The number of halogens is 3. The van der Waals surface area contributed by atoms with Crippen LogP contribution in [0.4, 0.5) is 0 Å². The number of hydrogen-bond acceptors (Lipinski definition) is 8. The van der Waals surface area contributed by atoms with Crippen molar-refractivity contribution >= 4 is 58.8 Å². The molecule has 0 saturated carbocycles. The van der Waals surface area contributed by atoms with E-state index in [9.17, 15) is 19.2 Å². The molecule has 208 valence electrons. The van der Waals surface area contributed by atoms with Crippen molar-refractivity contribution < 1.29 is 38.1 Å². The maximum absolute atomic E-state index is 13.1. The topological polar surface area (TPSA) is 117 Å². The number of benzene rings is 3. The molecule has 0 spiro atoms. The molecule has 0 radical (unpaired) electrons. The second kappa shape index (κ2) is 13.1. The Kier molecular flexibility index (Phi) is 9.65. The molecule has 3 aromatic rings. The van der Waals surface area contributed by atoms with Crippen LogP contribution in [-0.2, 0) is 23.7 Å². The summed E-state index contributed by atoms with van der Waals surface area (Å²) in [5.41, 5.74) is 0.595. The zero-order chi connectivity index (χ0) is 28.7. The molecule has 4 atom stereocenters. The van der Waals surface area contributed by atoms with Gasteiger partial charge in [0, 0.05) is 11.8 Å². The first kappa shape index (κ1) is 29.4. The first-order chi connectivity index (χ1) is 19.2. The Balaban J connectivity index is 1.67. The molecule has 12 heteroatoms. The van der Waals surface area contributed by atoms with Gasteiger partial charge in [0.2, 0.25) is 4.33 Å². The number of rotatable bonds is 9. The van der Waals surface area contributed by atoms with Gasteiger partial charge in [-0.05, 0) is 36.4 Å². The van der Waals surface area contributed by atoms with Crippen molar-refractivity contribution in [2.75, 3.05) is 6.61 Å². The van der Waals surface area contributed by atoms with Gasteiger partial charge in [0.05, 0.1) is 16.7 Å². The van der Waals surface area contributed by atoms with Crippen molar-refractivity contribution in [1.82, 2.24) is 4.84 Å². The summed E-state index contributed by atoms with van der Waals surface area (Å²) in [7, 11) is 0. The number of carbonyl (C=O) groups excluding carboxylic acids is 4. The van der Waals surface area contributed by atoms with Gasteiger partial charge >= 0.3 is 17.9 Å². The highest BCUT2D eigenvalue weighted by Gasteiger charge is 2.60. The lowest BCUT2D eigenvalue weighted by Crippen LogP contribution is -2.51. The SMILES string of the molecule is O=C(OC[C@H]1O[C@@H](C(Cl)(Cl)C(=O)NCl)[C@H](OC(=O)c2ccccc2)[C@@H]1OC(=O)c1ccccc1)c1ccccc1. The highest BCUT2D eigenvalue weighted by Crippen LogP contribution is 2.40. The van der Waals surface area contributed by atoms with Crippen LogP contribution in [0.25, 0.3) is 0 Å². The summed E-state index contributed by atoms with van der Waals surface area (Å²) in [6.45, 7) is -0.470. The molecule has 4 rings (SSSR count). The Hall–Kier alpha value is -3.63. The zero-order valence-corrected chi connectivity index (χ0v) is 22.8. The van der Waals surface area contributed by atoms with Crippen molar-refractivity contribution in [3.63, 3.8) is 0 Å². The third-order valence-corrected chi connectivity index (χ3v) is 6.89. The van der Waals surface area contributed by atoms with Crippen molar-refractivity contribution in [2.45, 2.75) is 28.7 Å². The number of carbonyl (C=O) groups is 4. The first-order valence-electron chi connectivity index (χ1n) is 11.9. The largest absolute Gasteiger partial charge is 0.459 e. The Bertz CT molecular complexity index is 1340. The van der Waals surface area contributed by atoms with E-state index >= 15 is 0 Å². The molecule has 0 aliphatic carbocycles. The van der Waals surface area contributed by atoms with E-state index in [0.29, 0.717) is 0 Å². The van der Waals surface area contributed by atoms with Gasteiger partial charge in [0.25, 0.3) is 5.91 Å². The lowest BCUT2D eigenvalue weighted by Gasteiger charge is -2.29. The third kappa shape index (κ3) is 6.74. The second-order valence-electron chi connectivity index (χ2n) is 8.58. The monoisotopic (exact) mass is 605 g/mol. The minimum atomic E-state index is -2.42. The van der Waals surface area contributed by atoms with Crippen molar-refractivity contribution in [3.05, 3.63) is 108 Å². The van der Waals surface area contributed by atoms with Gasteiger partial charge in [-0.1, -0.05) is 77.8 Å². The average Bonchev–Trinajstić information content (AvgIpc) is 3.33. The number of esters is 3. The second-order valence-corrected chi connectivity index (χ2v) is 10.2. The standard InChI is InChI=1S/C28H22Cl3NO8/c29-28(30,27(36)32-31)23-22(40-26(35)19-14-8-3-9-15-19)21(39-25(34)18-12-6-2-7-13-18)20(38-23)16-37-24(33)17-10-4-1-5-11-17/h1-15,20-23H,16H2,(H,32,36)/t20-,21-,22-,23-/m1/s1. The Labute approximate surface area is 244 Å². The molecule has 3 aromatic carbocycles. The highest BCUT2D eigenvalue weighted by atomic mass is 35.5. The lowest BCUT2D eigenvalue weighted by molar-refractivity contribution is -0.125. The molecule has 0 aromatic heterocycles. The van der Waals surface area contributed by atoms with Crippen LogP contribution in [0.3, 0.4) is 0 Å². The van der Waals surface area contributed by atoms with Gasteiger partial charge in [-0.25, -0.2) is 14.4 Å². The van der Waals surface area contributed by atoms with Crippen molar-refractivity contribution in [3.8, 4) is 0 Å². The molecule has 1 fully saturated rings. The van der Waals surface area contributed by atoms with Gasteiger partial charge in [-0.15, -0.1) is 0 Å². The van der Waals surface area contributed by atoms with Crippen LogP contribution in [-0.4, -0.2) is 59.2 Å². The van der Waals surface area contributed by atoms with Gasteiger partial charge in [-0.3, -0.25) is 9.63 Å². The number of ether oxygens (including phenoxy) is 4. The molecular weight excluding hydrogens is 585 g/mol. The van der Waals surface area contributed by atoms with Crippen LogP contribution in [0.15, 0.2) is 91.0 Å². The van der Waals surface area contributed by atoms with Gasteiger partial charge in [-0.2, -0.15) is 0 Å². The third-order valence-electron chi connectivity index (χ3n) is 5.95. The fraction of sp³-hybridized carbons (Fsp3) is 0.214.